The van der Waals surface area contributed by atoms with E-state index in [0.717, 1.165) is 0 Å². The van der Waals surface area contributed by atoms with E-state index in [4.69, 9.17) is 4.74 Å². The summed E-state index contributed by atoms with van der Waals surface area (Å²) in [4.78, 5) is 11.4. The Hall–Kier alpha value is -1.60. The zero-order valence-corrected chi connectivity index (χ0v) is 12.0. The first-order chi connectivity index (χ1) is 8.84. The first kappa shape index (κ1) is 15.5. The van der Waals surface area contributed by atoms with E-state index >= 15 is 0 Å². The van der Waals surface area contributed by atoms with Gasteiger partial charge in [-0.2, -0.15) is 13.1 Å². The smallest absolute Gasteiger partial charge is 0.338 e. The third kappa shape index (κ3) is 5.27. The second kappa shape index (κ2) is 6.53. The Morgan fingerprint density at radius 1 is 1.26 bits per heavy atom. The minimum absolute atomic E-state index is 0.198. The van der Waals surface area contributed by atoms with Gasteiger partial charge in [-0.15, -0.1) is 0 Å². The van der Waals surface area contributed by atoms with Gasteiger partial charge in [0.25, 0.3) is 10.2 Å². The van der Waals surface area contributed by atoms with E-state index in [9.17, 15) is 13.2 Å². The molecule has 0 amide bonds. The number of carbonyl (C=O) groups excluding carboxylic acids is 1. The molecule has 1 rings (SSSR count). The summed E-state index contributed by atoms with van der Waals surface area (Å²) in [5, 5.41) is 0. The van der Waals surface area contributed by atoms with Crippen molar-refractivity contribution in [2.75, 3.05) is 11.3 Å². The Morgan fingerprint density at radius 3 is 2.32 bits per heavy atom. The van der Waals surface area contributed by atoms with Crippen molar-refractivity contribution in [3.8, 4) is 0 Å². The fourth-order valence-corrected chi connectivity index (χ4v) is 2.51. The highest BCUT2D eigenvalue weighted by atomic mass is 32.2. The molecule has 0 saturated carbocycles. The van der Waals surface area contributed by atoms with Crippen LogP contribution in [0.25, 0.3) is 0 Å². The summed E-state index contributed by atoms with van der Waals surface area (Å²) in [5.41, 5.74) is 0.753. The molecule has 2 N–H and O–H groups in total. The fourth-order valence-electron chi connectivity index (χ4n) is 1.38. The number of carbonyl (C=O) groups is 1. The number of esters is 1. The molecule has 0 aliphatic heterocycles. The van der Waals surface area contributed by atoms with Crippen LogP contribution in [-0.2, 0) is 14.9 Å². The second-order valence-corrected chi connectivity index (χ2v) is 5.62. The second-order valence-electron chi connectivity index (χ2n) is 4.18. The largest absolute Gasteiger partial charge is 0.462 e. The van der Waals surface area contributed by atoms with Crippen molar-refractivity contribution in [3.05, 3.63) is 29.8 Å². The van der Waals surface area contributed by atoms with Gasteiger partial charge in [0.2, 0.25) is 0 Å². The van der Waals surface area contributed by atoms with Crippen LogP contribution in [0.15, 0.2) is 24.3 Å². The standard InChI is InChI=1S/C12H18N2O4S/c1-4-18-12(15)10-5-7-11(8-6-10)14-19(16,17)13-9(2)3/h5-9,13-14H,4H2,1-3H3. The molecule has 19 heavy (non-hydrogen) atoms. The van der Waals surface area contributed by atoms with Crippen molar-refractivity contribution in [2.45, 2.75) is 26.8 Å². The molecule has 0 unspecified atom stereocenters. The summed E-state index contributed by atoms with van der Waals surface area (Å²) in [7, 11) is -3.59. The number of ether oxygens (including phenoxy) is 1. The van der Waals surface area contributed by atoms with E-state index in [1.54, 1.807) is 20.8 Å². The highest BCUT2D eigenvalue weighted by Crippen LogP contribution is 2.11. The molecule has 0 aliphatic carbocycles. The molecule has 0 atom stereocenters. The van der Waals surface area contributed by atoms with Crippen molar-refractivity contribution < 1.29 is 17.9 Å². The van der Waals surface area contributed by atoms with E-state index < -0.39 is 16.2 Å². The number of nitrogens with one attached hydrogen (secondary N) is 2. The van der Waals surface area contributed by atoms with Crippen LogP contribution in [-0.4, -0.2) is 27.0 Å². The van der Waals surface area contributed by atoms with Crippen LogP contribution in [0.3, 0.4) is 0 Å². The molecule has 1 aromatic rings. The van der Waals surface area contributed by atoms with Crippen molar-refractivity contribution in [3.63, 3.8) is 0 Å². The Kier molecular flexibility index (Phi) is 5.31. The van der Waals surface area contributed by atoms with Gasteiger partial charge in [-0.3, -0.25) is 4.72 Å². The average Bonchev–Trinajstić information content (AvgIpc) is 2.27. The normalized spacial score (nSPS) is 11.4. The summed E-state index contributed by atoms with van der Waals surface area (Å²) in [6, 6.07) is 5.82. The molecule has 0 aromatic heterocycles. The van der Waals surface area contributed by atoms with Gasteiger partial charge in [0.15, 0.2) is 0 Å². The molecule has 0 heterocycles. The van der Waals surface area contributed by atoms with Crippen LogP contribution in [0.2, 0.25) is 0 Å². The Balaban J connectivity index is 2.75. The molecule has 0 saturated heterocycles. The number of benzene rings is 1. The average molecular weight is 286 g/mol. The molecular formula is C12H18N2O4S. The molecule has 0 spiro atoms. The summed E-state index contributed by atoms with van der Waals surface area (Å²) >= 11 is 0. The first-order valence-electron chi connectivity index (χ1n) is 5.91. The van der Waals surface area contributed by atoms with E-state index in [2.05, 4.69) is 9.44 Å². The van der Waals surface area contributed by atoms with E-state index in [1.165, 1.54) is 24.3 Å². The van der Waals surface area contributed by atoms with Crippen LogP contribution < -0.4 is 9.44 Å². The van der Waals surface area contributed by atoms with Crippen molar-refractivity contribution in [2.24, 2.45) is 0 Å². The number of hydrogen-bond acceptors (Lipinski definition) is 4. The minimum atomic E-state index is -3.59. The van der Waals surface area contributed by atoms with Crippen molar-refractivity contribution in [1.82, 2.24) is 4.72 Å². The molecule has 0 bridgehead atoms. The third-order valence-electron chi connectivity index (χ3n) is 2.04. The van der Waals surface area contributed by atoms with Crippen LogP contribution in [0.1, 0.15) is 31.1 Å². The molecule has 1 aromatic carbocycles. The van der Waals surface area contributed by atoms with Gasteiger partial charge in [-0.25, -0.2) is 4.79 Å². The predicted octanol–water partition coefficient (Wildman–Crippen LogP) is 1.52. The highest BCUT2D eigenvalue weighted by molar-refractivity contribution is 7.90. The summed E-state index contributed by atoms with van der Waals surface area (Å²) < 4.78 is 32.8. The minimum Gasteiger partial charge on any atom is -0.462 e. The first-order valence-corrected chi connectivity index (χ1v) is 7.39. The molecule has 0 aliphatic rings. The number of anilines is 1. The lowest BCUT2D eigenvalue weighted by Crippen LogP contribution is -2.35. The zero-order chi connectivity index (χ0) is 14.5. The van der Waals surface area contributed by atoms with Gasteiger partial charge in [-0.1, -0.05) is 0 Å². The number of rotatable bonds is 6. The van der Waals surface area contributed by atoms with Crippen molar-refractivity contribution in [1.29, 1.82) is 0 Å². The van der Waals surface area contributed by atoms with Crippen LogP contribution in [0.4, 0.5) is 5.69 Å². The fraction of sp³-hybridized carbons (Fsp3) is 0.417. The molecule has 0 radical (unpaired) electrons. The molecular weight excluding hydrogens is 268 g/mol. The quantitative estimate of drug-likeness (QED) is 0.776. The SMILES string of the molecule is CCOC(=O)c1ccc(NS(=O)(=O)NC(C)C)cc1. The summed E-state index contributed by atoms with van der Waals surface area (Å²) in [6.07, 6.45) is 0. The molecule has 6 nitrogen and oxygen atoms in total. The number of hydrogen-bond donors (Lipinski definition) is 2. The Bertz CT molecular complexity index is 523. The maximum atomic E-state index is 11.6. The molecule has 7 heteroatoms. The maximum Gasteiger partial charge on any atom is 0.338 e. The van der Waals surface area contributed by atoms with Gasteiger partial charge >= 0.3 is 5.97 Å². The van der Waals surface area contributed by atoms with E-state index in [0.29, 0.717) is 17.9 Å². The van der Waals surface area contributed by atoms with Gasteiger partial charge in [0.1, 0.15) is 0 Å². The van der Waals surface area contributed by atoms with Gasteiger partial charge in [-0.05, 0) is 45.0 Å². The highest BCUT2D eigenvalue weighted by Gasteiger charge is 2.12. The van der Waals surface area contributed by atoms with Crippen LogP contribution in [0, 0.1) is 0 Å². The van der Waals surface area contributed by atoms with Crippen molar-refractivity contribution >= 4 is 21.9 Å². The topological polar surface area (TPSA) is 84.5 Å². The van der Waals surface area contributed by atoms with E-state index in [-0.39, 0.29) is 6.04 Å². The summed E-state index contributed by atoms with van der Waals surface area (Å²) in [6.45, 7) is 5.47. The lowest BCUT2D eigenvalue weighted by atomic mass is 10.2. The maximum absolute atomic E-state index is 11.6. The van der Waals surface area contributed by atoms with E-state index in [1.807, 2.05) is 0 Å². The molecule has 0 fully saturated rings. The summed E-state index contributed by atoms with van der Waals surface area (Å²) in [5.74, 6) is -0.433. The van der Waals surface area contributed by atoms with Gasteiger partial charge < -0.3 is 4.74 Å². The van der Waals surface area contributed by atoms with Crippen LogP contribution in [0.5, 0.6) is 0 Å². The lowest BCUT2D eigenvalue weighted by molar-refractivity contribution is 0.0526. The Labute approximate surface area is 113 Å². The van der Waals surface area contributed by atoms with Gasteiger partial charge in [0, 0.05) is 11.7 Å². The lowest BCUT2D eigenvalue weighted by Gasteiger charge is -2.11. The Morgan fingerprint density at radius 2 is 1.84 bits per heavy atom. The zero-order valence-electron chi connectivity index (χ0n) is 11.1. The third-order valence-corrected chi connectivity index (χ3v) is 3.33. The van der Waals surface area contributed by atoms with Crippen LogP contribution >= 0.6 is 0 Å². The van der Waals surface area contributed by atoms with Gasteiger partial charge in [0.05, 0.1) is 12.2 Å². The molecule has 106 valence electrons. The predicted molar refractivity (Wildman–Crippen MR) is 73.2 cm³/mol. The monoisotopic (exact) mass is 286 g/mol.